The number of hydrogen-bond donors (Lipinski definition) is 1. The third-order valence-corrected chi connectivity index (χ3v) is 6.06. The molecule has 1 amide bonds. The molecule has 0 aliphatic heterocycles. The van der Waals surface area contributed by atoms with E-state index in [2.05, 4.69) is 38.4 Å². The molecule has 0 spiro atoms. The summed E-state index contributed by atoms with van der Waals surface area (Å²) in [6.45, 7) is 2.31. The molecule has 0 bridgehead atoms. The predicted molar refractivity (Wildman–Crippen MR) is 136 cm³/mol. The van der Waals surface area contributed by atoms with E-state index in [-0.39, 0.29) is 18.0 Å². The van der Waals surface area contributed by atoms with Crippen molar-refractivity contribution in [2.75, 3.05) is 6.54 Å². The lowest BCUT2D eigenvalue weighted by atomic mass is 10.0. The Bertz CT molecular complexity index is 1400. The fourth-order valence-electron chi connectivity index (χ4n) is 3.77. The van der Waals surface area contributed by atoms with Crippen molar-refractivity contribution in [2.24, 2.45) is 0 Å². The molecule has 172 valence electrons. The molecule has 7 heteroatoms. The maximum atomic E-state index is 13.1. The van der Waals surface area contributed by atoms with Crippen LogP contribution in [0.3, 0.4) is 0 Å². The van der Waals surface area contributed by atoms with Crippen LogP contribution in [-0.2, 0) is 17.8 Å². The van der Waals surface area contributed by atoms with Crippen molar-refractivity contribution >= 4 is 38.7 Å². The molecule has 0 aliphatic rings. The van der Waals surface area contributed by atoms with Crippen LogP contribution in [0.1, 0.15) is 33.6 Å². The number of benzene rings is 2. The second kappa shape index (κ2) is 10.6. The SMILES string of the molecule is Cc1ccc2c(=O)c(C(=O)c3ccc(Br)cc3)cn(CC(=O)NCCCc3ccccc3)c2n1. The van der Waals surface area contributed by atoms with Gasteiger partial charge in [0.2, 0.25) is 11.3 Å². The van der Waals surface area contributed by atoms with Crippen molar-refractivity contribution in [3.63, 3.8) is 0 Å². The number of ketones is 1. The molecule has 0 saturated carbocycles. The summed E-state index contributed by atoms with van der Waals surface area (Å²) in [7, 11) is 0. The van der Waals surface area contributed by atoms with E-state index in [0.29, 0.717) is 23.1 Å². The van der Waals surface area contributed by atoms with E-state index in [1.54, 1.807) is 41.0 Å². The zero-order valence-corrected chi connectivity index (χ0v) is 20.3. The lowest BCUT2D eigenvalue weighted by Crippen LogP contribution is -2.30. The quantitative estimate of drug-likeness (QED) is 0.276. The number of carbonyl (C=O) groups excluding carboxylic acids is 2. The molecule has 0 radical (unpaired) electrons. The first kappa shape index (κ1) is 23.6. The number of pyridine rings is 2. The smallest absolute Gasteiger partial charge is 0.239 e. The molecule has 34 heavy (non-hydrogen) atoms. The van der Waals surface area contributed by atoms with Crippen molar-refractivity contribution in [3.05, 3.63) is 110 Å². The number of hydrogen-bond acceptors (Lipinski definition) is 4. The zero-order chi connectivity index (χ0) is 24.1. The van der Waals surface area contributed by atoms with Crippen LogP contribution in [0.15, 0.2) is 82.2 Å². The van der Waals surface area contributed by atoms with Gasteiger partial charge in [0.25, 0.3) is 0 Å². The summed E-state index contributed by atoms with van der Waals surface area (Å²) in [5.41, 5.74) is 2.34. The Kier molecular flexibility index (Phi) is 7.33. The van der Waals surface area contributed by atoms with Crippen molar-refractivity contribution in [1.82, 2.24) is 14.9 Å². The Hall–Kier alpha value is -3.58. The van der Waals surface area contributed by atoms with Crippen molar-refractivity contribution in [3.8, 4) is 0 Å². The van der Waals surface area contributed by atoms with E-state index >= 15 is 0 Å². The first-order valence-electron chi connectivity index (χ1n) is 11.0. The average molecular weight is 518 g/mol. The highest BCUT2D eigenvalue weighted by atomic mass is 79.9. The van der Waals surface area contributed by atoms with Crippen LogP contribution in [0, 0.1) is 6.92 Å². The normalized spacial score (nSPS) is 10.9. The molecule has 1 N–H and O–H groups in total. The minimum atomic E-state index is -0.394. The third-order valence-electron chi connectivity index (χ3n) is 5.53. The molecule has 0 unspecified atom stereocenters. The standard InChI is InChI=1S/C27H24BrN3O3/c1-18-9-14-22-26(34)23(25(33)20-10-12-21(28)13-11-20)16-31(27(22)30-18)17-24(32)29-15-5-8-19-6-3-2-4-7-19/h2-4,6-7,9-14,16H,5,8,15,17H2,1H3,(H,29,32). The van der Waals surface area contributed by atoms with Crippen LogP contribution in [0.2, 0.25) is 0 Å². The highest BCUT2D eigenvalue weighted by molar-refractivity contribution is 9.10. The van der Waals surface area contributed by atoms with Crippen LogP contribution < -0.4 is 10.7 Å². The van der Waals surface area contributed by atoms with Gasteiger partial charge in [-0.05, 0) is 61.7 Å². The molecular weight excluding hydrogens is 494 g/mol. The molecular formula is C27H24BrN3O3. The lowest BCUT2D eigenvalue weighted by molar-refractivity contribution is -0.121. The highest BCUT2D eigenvalue weighted by Crippen LogP contribution is 2.16. The maximum Gasteiger partial charge on any atom is 0.239 e. The van der Waals surface area contributed by atoms with Gasteiger partial charge in [-0.2, -0.15) is 0 Å². The van der Waals surface area contributed by atoms with Gasteiger partial charge in [0.15, 0.2) is 5.78 Å². The number of carbonyl (C=O) groups is 2. The minimum Gasteiger partial charge on any atom is -0.355 e. The number of fused-ring (bicyclic) bond motifs is 1. The summed E-state index contributed by atoms with van der Waals surface area (Å²) in [6, 6.07) is 20.3. The second-order valence-electron chi connectivity index (χ2n) is 8.10. The third kappa shape index (κ3) is 5.48. The van der Waals surface area contributed by atoms with E-state index in [9.17, 15) is 14.4 Å². The van der Waals surface area contributed by atoms with Gasteiger partial charge in [-0.3, -0.25) is 14.4 Å². The van der Waals surface area contributed by atoms with Crippen LogP contribution in [0.5, 0.6) is 0 Å². The summed E-state index contributed by atoms with van der Waals surface area (Å²) in [4.78, 5) is 43.4. The second-order valence-corrected chi connectivity index (χ2v) is 9.01. The molecule has 4 rings (SSSR count). The van der Waals surface area contributed by atoms with E-state index in [4.69, 9.17) is 0 Å². The Morgan fingerprint density at radius 2 is 1.74 bits per heavy atom. The predicted octanol–water partition coefficient (Wildman–Crippen LogP) is 4.45. The van der Waals surface area contributed by atoms with E-state index < -0.39 is 11.2 Å². The van der Waals surface area contributed by atoms with E-state index in [0.717, 1.165) is 23.0 Å². The van der Waals surface area contributed by atoms with Crippen LogP contribution >= 0.6 is 15.9 Å². The molecule has 6 nitrogen and oxygen atoms in total. The Morgan fingerprint density at radius 3 is 2.47 bits per heavy atom. The van der Waals surface area contributed by atoms with Gasteiger partial charge >= 0.3 is 0 Å². The average Bonchev–Trinajstić information content (AvgIpc) is 2.84. The molecule has 2 aromatic heterocycles. The largest absolute Gasteiger partial charge is 0.355 e. The topological polar surface area (TPSA) is 81.1 Å². The molecule has 0 aliphatic carbocycles. The zero-order valence-electron chi connectivity index (χ0n) is 18.8. The van der Waals surface area contributed by atoms with Gasteiger partial charge in [-0.25, -0.2) is 4.98 Å². The van der Waals surface area contributed by atoms with Gasteiger partial charge in [-0.15, -0.1) is 0 Å². The first-order chi connectivity index (χ1) is 16.4. The summed E-state index contributed by atoms with van der Waals surface area (Å²) >= 11 is 3.35. The van der Waals surface area contributed by atoms with Gasteiger partial charge < -0.3 is 9.88 Å². The summed E-state index contributed by atoms with van der Waals surface area (Å²) in [5, 5.41) is 3.24. The number of halogens is 1. The molecule has 2 heterocycles. The molecule has 2 aromatic carbocycles. The van der Waals surface area contributed by atoms with Crippen LogP contribution in [0.4, 0.5) is 0 Å². The van der Waals surface area contributed by atoms with Crippen molar-refractivity contribution < 1.29 is 9.59 Å². The first-order valence-corrected chi connectivity index (χ1v) is 11.8. The minimum absolute atomic E-state index is 0.0114. The van der Waals surface area contributed by atoms with Crippen LogP contribution in [0.25, 0.3) is 11.0 Å². The van der Waals surface area contributed by atoms with E-state index in [1.165, 1.54) is 11.8 Å². The Balaban J connectivity index is 1.57. The van der Waals surface area contributed by atoms with E-state index in [1.807, 2.05) is 25.1 Å². The number of rotatable bonds is 8. The highest BCUT2D eigenvalue weighted by Gasteiger charge is 2.19. The number of nitrogens with one attached hydrogen (secondary N) is 1. The number of nitrogens with zero attached hydrogens (tertiary/aromatic N) is 2. The number of amides is 1. The summed E-state index contributed by atoms with van der Waals surface area (Å²) in [6.07, 6.45) is 3.13. The van der Waals surface area contributed by atoms with Crippen LogP contribution in [-0.4, -0.2) is 27.8 Å². The number of aromatic nitrogens is 2. The molecule has 0 atom stereocenters. The fourth-order valence-corrected chi connectivity index (χ4v) is 4.04. The van der Waals surface area contributed by atoms with Gasteiger partial charge in [0.1, 0.15) is 12.2 Å². The van der Waals surface area contributed by atoms with Gasteiger partial charge in [0, 0.05) is 28.5 Å². The van der Waals surface area contributed by atoms with Gasteiger partial charge in [-0.1, -0.05) is 46.3 Å². The van der Waals surface area contributed by atoms with Crippen molar-refractivity contribution in [1.29, 1.82) is 0 Å². The van der Waals surface area contributed by atoms with Gasteiger partial charge in [0.05, 0.1) is 10.9 Å². The maximum absolute atomic E-state index is 13.1. The molecule has 4 aromatic rings. The molecule has 0 fully saturated rings. The lowest BCUT2D eigenvalue weighted by Gasteiger charge is -2.13. The molecule has 0 saturated heterocycles. The fraction of sp³-hybridized carbons (Fsp3) is 0.185. The Morgan fingerprint density at radius 1 is 1.00 bits per heavy atom. The Labute approximate surface area is 205 Å². The number of aryl methyl sites for hydroxylation is 2. The summed E-state index contributed by atoms with van der Waals surface area (Å²) in [5.74, 6) is -0.597. The monoisotopic (exact) mass is 517 g/mol. The van der Waals surface area contributed by atoms with Crippen molar-refractivity contribution in [2.45, 2.75) is 26.3 Å². The summed E-state index contributed by atoms with van der Waals surface area (Å²) < 4.78 is 2.42.